The number of hydrogen-bond donors (Lipinski definition) is 1. The Kier molecular flexibility index (Phi) is 5.35. The fraction of sp³-hybridized carbons (Fsp3) is 0. The summed E-state index contributed by atoms with van der Waals surface area (Å²) in [5.74, 6) is -0.897. The molecular formula is C6H4BClF3KO. The van der Waals surface area contributed by atoms with Gasteiger partial charge in [-0.2, -0.15) is 0 Å². The van der Waals surface area contributed by atoms with Crippen LogP contribution in [0.4, 0.5) is 12.9 Å². The third-order valence-electron chi connectivity index (χ3n) is 1.37. The molecule has 0 spiro atoms. The molecule has 1 rings (SSSR count). The van der Waals surface area contributed by atoms with Gasteiger partial charge in [0.25, 0.3) is 0 Å². The van der Waals surface area contributed by atoms with Crippen LogP contribution >= 0.6 is 11.6 Å². The van der Waals surface area contributed by atoms with Gasteiger partial charge in [0.05, 0.1) is 5.02 Å². The third kappa shape index (κ3) is 3.45. The van der Waals surface area contributed by atoms with Gasteiger partial charge in [-0.05, 0) is 6.07 Å². The van der Waals surface area contributed by atoms with Gasteiger partial charge in [0.1, 0.15) is 5.75 Å². The van der Waals surface area contributed by atoms with Crippen molar-refractivity contribution in [2.45, 2.75) is 0 Å². The number of para-hydroxylation sites is 1. The average Bonchev–Trinajstić information content (AvgIpc) is 1.92. The smallest absolute Gasteiger partial charge is 0.509 e. The zero-order chi connectivity index (χ0) is 9.35. The molecule has 0 fully saturated rings. The van der Waals surface area contributed by atoms with Gasteiger partial charge in [-0.15, -0.1) is 0 Å². The monoisotopic (exact) mass is 234 g/mol. The summed E-state index contributed by atoms with van der Waals surface area (Å²) in [6.07, 6.45) is 0. The molecule has 0 aliphatic carbocycles. The average molecular weight is 234 g/mol. The van der Waals surface area contributed by atoms with E-state index >= 15 is 0 Å². The Bertz CT molecular complexity index is 304. The molecule has 0 aliphatic heterocycles. The first-order valence-electron chi connectivity index (χ1n) is 3.10. The molecule has 0 bridgehead atoms. The molecule has 13 heavy (non-hydrogen) atoms. The molecular weight excluding hydrogens is 230 g/mol. The largest absolute Gasteiger partial charge is 1.00 e. The second-order valence-corrected chi connectivity index (χ2v) is 2.66. The van der Waals surface area contributed by atoms with Crippen LogP contribution in [0.25, 0.3) is 0 Å². The van der Waals surface area contributed by atoms with Crippen molar-refractivity contribution in [2.75, 3.05) is 0 Å². The molecule has 0 unspecified atom stereocenters. The number of hydrogen-bond acceptors (Lipinski definition) is 1. The van der Waals surface area contributed by atoms with E-state index in [0.717, 1.165) is 12.1 Å². The molecule has 0 heterocycles. The van der Waals surface area contributed by atoms with E-state index < -0.39 is 18.2 Å². The van der Waals surface area contributed by atoms with Crippen LogP contribution in [0.1, 0.15) is 0 Å². The predicted molar refractivity (Wildman–Crippen MR) is 41.8 cm³/mol. The Balaban J connectivity index is 0.00000144. The first-order valence-corrected chi connectivity index (χ1v) is 3.48. The van der Waals surface area contributed by atoms with Crippen molar-refractivity contribution in [3.63, 3.8) is 0 Å². The minimum atomic E-state index is -5.18. The Hall–Kier alpha value is 0.801. The van der Waals surface area contributed by atoms with E-state index in [1.54, 1.807) is 0 Å². The van der Waals surface area contributed by atoms with Crippen LogP contribution in [0, 0.1) is 0 Å². The normalized spacial score (nSPS) is 10.8. The quantitative estimate of drug-likeness (QED) is 0.625. The summed E-state index contributed by atoms with van der Waals surface area (Å²) in [6.45, 7) is -5.18. The van der Waals surface area contributed by atoms with E-state index in [1.807, 2.05) is 0 Å². The van der Waals surface area contributed by atoms with Crippen LogP contribution in [0.5, 0.6) is 5.75 Å². The number of rotatable bonds is 1. The van der Waals surface area contributed by atoms with E-state index in [1.165, 1.54) is 6.07 Å². The van der Waals surface area contributed by atoms with E-state index in [0.29, 0.717) is 0 Å². The van der Waals surface area contributed by atoms with Crippen molar-refractivity contribution in [2.24, 2.45) is 0 Å². The molecule has 1 aromatic rings. The maximum Gasteiger partial charge on any atom is 1.00 e. The summed E-state index contributed by atoms with van der Waals surface area (Å²) >= 11 is 5.28. The van der Waals surface area contributed by atoms with Gasteiger partial charge in [0.15, 0.2) is 0 Å². The maximum absolute atomic E-state index is 12.1. The fourth-order valence-corrected chi connectivity index (χ4v) is 0.978. The predicted octanol–water partition coefficient (Wildman–Crippen LogP) is -0.896. The minimum absolute atomic E-state index is 0. The molecule has 0 saturated carbocycles. The number of phenolic OH excluding ortho intramolecular Hbond substituents is 1. The third-order valence-corrected chi connectivity index (χ3v) is 1.68. The summed E-state index contributed by atoms with van der Waals surface area (Å²) in [6, 6.07) is 3.13. The molecule has 0 atom stereocenters. The van der Waals surface area contributed by atoms with Gasteiger partial charge in [-0.1, -0.05) is 29.2 Å². The van der Waals surface area contributed by atoms with Crippen molar-refractivity contribution >= 4 is 24.0 Å². The summed E-state index contributed by atoms with van der Waals surface area (Å²) in [5, 5.41) is 8.61. The molecule has 1 N–H and O–H groups in total. The number of benzene rings is 1. The summed E-state index contributed by atoms with van der Waals surface area (Å²) in [4.78, 5) is 0. The zero-order valence-electron chi connectivity index (χ0n) is 6.77. The Morgan fingerprint density at radius 2 is 1.77 bits per heavy atom. The molecule has 0 radical (unpaired) electrons. The van der Waals surface area contributed by atoms with Crippen molar-refractivity contribution in [1.29, 1.82) is 0 Å². The first kappa shape index (κ1) is 13.8. The molecule has 0 aromatic heterocycles. The van der Waals surface area contributed by atoms with Crippen LogP contribution in [0.15, 0.2) is 18.2 Å². The molecule has 7 heteroatoms. The molecule has 1 aromatic carbocycles. The Morgan fingerprint density at radius 3 is 2.15 bits per heavy atom. The summed E-state index contributed by atoms with van der Waals surface area (Å²) < 4.78 is 36.2. The van der Waals surface area contributed by atoms with E-state index in [-0.39, 0.29) is 56.4 Å². The van der Waals surface area contributed by atoms with Crippen molar-refractivity contribution < 1.29 is 69.4 Å². The summed E-state index contributed by atoms with van der Waals surface area (Å²) in [5.41, 5.74) is -1.05. The minimum Gasteiger partial charge on any atom is -0.509 e. The van der Waals surface area contributed by atoms with Crippen molar-refractivity contribution in [1.82, 2.24) is 0 Å². The van der Waals surface area contributed by atoms with Gasteiger partial charge in [0.2, 0.25) is 0 Å². The van der Waals surface area contributed by atoms with Crippen LogP contribution in [0.3, 0.4) is 0 Å². The second-order valence-electron chi connectivity index (χ2n) is 2.25. The zero-order valence-corrected chi connectivity index (χ0v) is 10.6. The number of aromatic hydroxyl groups is 1. The van der Waals surface area contributed by atoms with Gasteiger partial charge in [-0.25, -0.2) is 0 Å². The van der Waals surface area contributed by atoms with Gasteiger partial charge in [0, 0.05) is 0 Å². The van der Waals surface area contributed by atoms with Crippen LogP contribution in [-0.4, -0.2) is 12.1 Å². The molecule has 1 nitrogen and oxygen atoms in total. The fourth-order valence-electron chi connectivity index (χ4n) is 0.796. The first-order chi connectivity index (χ1) is 5.43. The van der Waals surface area contributed by atoms with E-state index in [4.69, 9.17) is 16.7 Å². The molecule has 0 aliphatic rings. The van der Waals surface area contributed by atoms with Crippen LogP contribution in [0.2, 0.25) is 5.02 Å². The number of phenols is 1. The molecule has 0 amide bonds. The summed E-state index contributed by atoms with van der Waals surface area (Å²) in [7, 11) is 0. The van der Waals surface area contributed by atoms with Crippen LogP contribution in [-0.2, 0) is 0 Å². The SMILES string of the molecule is Oc1c(Cl)cccc1[B-](F)(F)F.[K+]. The Labute approximate surface area is 121 Å². The van der Waals surface area contributed by atoms with Crippen molar-refractivity contribution in [3.8, 4) is 5.75 Å². The van der Waals surface area contributed by atoms with E-state index in [2.05, 4.69) is 0 Å². The van der Waals surface area contributed by atoms with Gasteiger partial charge >= 0.3 is 58.4 Å². The van der Waals surface area contributed by atoms with E-state index in [9.17, 15) is 12.9 Å². The Morgan fingerprint density at radius 1 is 1.23 bits per heavy atom. The van der Waals surface area contributed by atoms with Gasteiger partial charge in [-0.3, -0.25) is 0 Å². The number of halogens is 4. The van der Waals surface area contributed by atoms with Crippen molar-refractivity contribution in [3.05, 3.63) is 23.2 Å². The topological polar surface area (TPSA) is 20.2 Å². The van der Waals surface area contributed by atoms with Gasteiger partial charge < -0.3 is 18.1 Å². The molecule has 0 saturated heterocycles. The standard InChI is InChI=1S/C6H4BClF3O.K/c8-5-3-1-2-4(6(5)12)7(9,10)11;/h1-3,12H;/q-1;+1. The molecule has 66 valence electrons. The van der Waals surface area contributed by atoms with Crippen LogP contribution < -0.4 is 56.8 Å². The maximum atomic E-state index is 12.1. The second kappa shape index (κ2) is 5.04.